The molecule has 114 valence electrons. The Kier molecular flexibility index (Phi) is 4.41. The smallest absolute Gasteiger partial charge is 0.419 e. The number of nitrogens with zero attached hydrogens (tertiary/aromatic N) is 3. The Morgan fingerprint density at radius 2 is 2.05 bits per heavy atom. The van der Waals surface area contributed by atoms with Crippen LogP contribution in [-0.2, 0) is 19.3 Å². The summed E-state index contributed by atoms with van der Waals surface area (Å²) in [7, 11) is 0. The Balaban J connectivity index is 1.97. The van der Waals surface area contributed by atoms with Gasteiger partial charge in [-0.15, -0.1) is 5.10 Å². The Morgan fingerprint density at radius 1 is 1.29 bits per heavy atom. The molecule has 2 rings (SSSR count). The van der Waals surface area contributed by atoms with E-state index in [9.17, 15) is 17.6 Å². The van der Waals surface area contributed by atoms with Crippen LogP contribution in [0.15, 0.2) is 24.4 Å². The molecule has 1 heterocycles. The summed E-state index contributed by atoms with van der Waals surface area (Å²) in [4.78, 5) is 0. The van der Waals surface area contributed by atoms with Gasteiger partial charge in [0.15, 0.2) is 0 Å². The second kappa shape index (κ2) is 6.08. The van der Waals surface area contributed by atoms with Crippen LogP contribution in [0.3, 0.4) is 0 Å². The topological polar surface area (TPSA) is 66.0 Å². The van der Waals surface area contributed by atoms with Crippen LogP contribution in [-0.4, -0.2) is 21.6 Å². The minimum absolute atomic E-state index is 0.0658. The highest BCUT2D eigenvalue weighted by Gasteiger charge is 2.34. The molecule has 0 spiro atoms. The van der Waals surface area contributed by atoms with E-state index in [2.05, 4.69) is 10.3 Å². The molecule has 1 aromatic heterocycles. The molecule has 0 atom stereocenters. The summed E-state index contributed by atoms with van der Waals surface area (Å²) in [6.45, 7) is 0.593. The van der Waals surface area contributed by atoms with Gasteiger partial charge in [-0.3, -0.25) is 0 Å². The lowest BCUT2D eigenvalue weighted by Gasteiger charge is -2.11. The van der Waals surface area contributed by atoms with E-state index in [1.165, 1.54) is 4.68 Å². The molecule has 0 saturated heterocycles. The first kappa shape index (κ1) is 15.2. The summed E-state index contributed by atoms with van der Waals surface area (Å²) >= 11 is 0. The Labute approximate surface area is 117 Å². The van der Waals surface area contributed by atoms with E-state index >= 15 is 0 Å². The first-order chi connectivity index (χ1) is 9.90. The average molecular weight is 304 g/mol. The predicted octanol–water partition coefficient (Wildman–Crippen LogP) is 1.97. The SMILES string of the molecule is NCc1cn(CCOc2ccc(F)c(C(F)(F)F)c2)nn1. The largest absolute Gasteiger partial charge is 0.492 e. The normalized spacial score (nSPS) is 11.7. The van der Waals surface area contributed by atoms with Crippen LogP contribution < -0.4 is 10.5 Å². The highest BCUT2D eigenvalue weighted by molar-refractivity contribution is 5.31. The van der Waals surface area contributed by atoms with Gasteiger partial charge in [0.1, 0.15) is 18.2 Å². The average Bonchev–Trinajstić information content (AvgIpc) is 2.87. The number of halogens is 4. The summed E-state index contributed by atoms with van der Waals surface area (Å²) in [5.74, 6) is -1.40. The number of hydrogen-bond acceptors (Lipinski definition) is 4. The van der Waals surface area contributed by atoms with Crippen molar-refractivity contribution in [3.05, 3.63) is 41.5 Å². The number of nitrogens with two attached hydrogens (primary N) is 1. The van der Waals surface area contributed by atoms with Crippen molar-refractivity contribution in [2.45, 2.75) is 19.3 Å². The first-order valence-corrected chi connectivity index (χ1v) is 5.99. The van der Waals surface area contributed by atoms with Crippen LogP contribution in [0.1, 0.15) is 11.3 Å². The van der Waals surface area contributed by atoms with E-state index in [4.69, 9.17) is 10.5 Å². The maximum Gasteiger partial charge on any atom is 0.419 e. The van der Waals surface area contributed by atoms with E-state index in [-0.39, 0.29) is 25.4 Å². The molecule has 9 heteroatoms. The number of aromatic nitrogens is 3. The quantitative estimate of drug-likeness (QED) is 0.858. The van der Waals surface area contributed by atoms with Gasteiger partial charge in [0.2, 0.25) is 0 Å². The Hall–Kier alpha value is -2.16. The van der Waals surface area contributed by atoms with Gasteiger partial charge in [-0.05, 0) is 18.2 Å². The molecular formula is C12H12F4N4O. The molecule has 0 saturated carbocycles. The fraction of sp³-hybridized carbons (Fsp3) is 0.333. The summed E-state index contributed by atoms with van der Waals surface area (Å²) in [5, 5.41) is 7.51. The number of benzene rings is 1. The number of rotatable bonds is 5. The fourth-order valence-electron chi connectivity index (χ4n) is 1.61. The highest BCUT2D eigenvalue weighted by Crippen LogP contribution is 2.33. The molecular weight excluding hydrogens is 292 g/mol. The van der Waals surface area contributed by atoms with Crippen LogP contribution in [0.4, 0.5) is 17.6 Å². The molecule has 21 heavy (non-hydrogen) atoms. The van der Waals surface area contributed by atoms with Crippen molar-refractivity contribution >= 4 is 0 Å². The molecule has 0 amide bonds. The molecule has 0 fully saturated rings. The third-order valence-electron chi connectivity index (χ3n) is 2.63. The molecule has 5 nitrogen and oxygen atoms in total. The minimum atomic E-state index is -4.76. The zero-order valence-corrected chi connectivity index (χ0v) is 10.8. The molecule has 0 aliphatic heterocycles. The number of hydrogen-bond donors (Lipinski definition) is 1. The molecule has 2 aromatic rings. The highest BCUT2D eigenvalue weighted by atomic mass is 19.4. The summed E-state index contributed by atoms with van der Waals surface area (Å²) in [6.07, 6.45) is -3.15. The second-order valence-corrected chi connectivity index (χ2v) is 4.16. The predicted molar refractivity (Wildman–Crippen MR) is 64.8 cm³/mol. The van der Waals surface area contributed by atoms with E-state index in [0.717, 1.165) is 12.1 Å². The molecule has 0 unspecified atom stereocenters. The van der Waals surface area contributed by atoms with Gasteiger partial charge < -0.3 is 10.5 Å². The zero-order valence-electron chi connectivity index (χ0n) is 10.8. The van der Waals surface area contributed by atoms with Crippen molar-refractivity contribution in [3.63, 3.8) is 0 Å². The summed E-state index contributed by atoms with van der Waals surface area (Å²) in [6, 6.07) is 2.49. The molecule has 2 N–H and O–H groups in total. The third kappa shape index (κ3) is 3.91. The van der Waals surface area contributed by atoms with Crippen LogP contribution in [0.2, 0.25) is 0 Å². The molecule has 0 aliphatic carbocycles. The second-order valence-electron chi connectivity index (χ2n) is 4.16. The molecule has 1 aromatic carbocycles. The van der Waals surface area contributed by atoms with Gasteiger partial charge >= 0.3 is 6.18 Å². The van der Waals surface area contributed by atoms with E-state index in [0.29, 0.717) is 11.8 Å². The lowest BCUT2D eigenvalue weighted by atomic mass is 10.2. The third-order valence-corrected chi connectivity index (χ3v) is 2.63. The lowest BCUT2D eigenvalue weighted by molar-refractivity contribution is -0.140. The monoisotopic (exact) mass is 304 g/mol. The van der Waals surface area contributed by atoms with Crippen molar-refractivity contribution in [1.29, 1.82) is 0 Å². The van der Waals surface area contributed by atoms with Crippen molar-refractivity contribution in [2.24, 2.45) is 5.73 Å². The van der Waals surface area contributed by atoms with Crippen molar-refractivity contribution in [3.8, 4) is 5.75 Å². The summed E-state index contributed by atoms with van der Waals surface area (Å²) < 4.78 is 57.3. The van der Waals surface area contributed by atoms with Crippen molar-refractivity contribution in [1.82, 2.24) is 15.0 Å². The Bertz CT molecular complexity index is 612. The molecule has 0 radical (unpaired) electrons. The van der Waals surface area contributed by atoms with Crippen LogP contribution in [0, 0.1) is 5.82 Å². The van der Waals surface area contributed by atoms with Gasteiger partial charge in [0, 0.05) is 12.7 Å². The van der Waals surface area contributed by atoms with Crippen LogP contribution in [0.5, 0.6) is 5.75 Å². The van der Waals surface area contributed by atoms with Crippen molar-refractivity contribution in [2.75, 3.05) is 6.61 Å². The fourth-order valence-corrected chi connectivity index (χ4v) is 1.61. The number of alkyl halides is 3. The Morgan fingerprint density at radius 3 is 2.67 bits per heavy atom. The minimum Gasteiger partial charge on any atom is -0.492 e. The molecule has 0 bridgehead atoms. The first-order valence-electron chi connectivity index (χ1n) is 5.99. The van der Waals surface area contributed by atoms with E-state index in [1.807, 2.05) is 0 Å². The van der Waals surface area contributed by atoms with Gasteiger partial charge in [-0.25, -0.2) is 9.07 Å². The van der Waals surface area contributed by atoms with Gasteiger partial charge in [-0.2, -0.15) is 13.2 Å². The zero-order chi connectivity index (χ0) is 15.5. The van der Waals surface area contributed by atoms with E-state index < -0.39 is 17.6 Å². The summed E-state index contributed by atoms with van der Waals surface area (Å²) in [5.41, 5.74) is 4.60. The van der Waals surface area contributed by atoms with E-state index in [1.54, 1.807) is 6.20 Å². The lowest BCUT2D eigenvalue weighted by Crippen LogP contribution is -2.11. The number of ether oxygens (including phenoxy) is 1. The van der Waals surface area contributed by atoms with Crippen molar-refractivity contribution < 1.29 is 22.3 Å². The maximum absolute atomic E-state index is 13.1. The van der Waals surface area contributed by atoms with Crippen LogP contribution >= 0.6 is 0 Å². The maximum atomic E-state index is 13.1. The van der Waals surface area contributed by atoms with Gasteiger partial charge in [0.25, 0.3) is 0 Å². The van der Waals surface area contributed by atoms with Gasteiger partial charge in [-0.1, -0.05) is 5.21 Å². The van der Waals surface area contributed by atoms with Gasteiger partial charge in [0.05, 0.1) is 17.8 Å². The van der Waals surface area contributed by atoms with Crippen LogP contribution in [0.25, 0.3) is 0 Å². The molecule has 0 aliphatic rings. The standard InChI is InChI=1S/C12H12F4N4O/c13-11-2-1-9(5-10(11)12(14,15)16)21-4-3-20-7-8(6-17)18-19-20/h1-2,5,7H,3-4,6,17H2.